The van der Waals surface area contributed by atoms with Gasteiger partial charge in [0.05, 0.1) is 39.3 Å². The summed E-state index contributed by atoms with van der Waals surface area (Å²) in [6, 6.07) is 4.11. The molecule has 124 valence electrons. The number of imide groups is 1. The standard InChI is InChI=1S/C17H14ClNO5/c1-16-5-6-17(2,24-16)12-11(16)13(20)19(14(12)21)8-3-4-10(18)9(7-8)15(22)23/h3-7,11-12H,1-2H3,(H,22,23)/t11-,12+,16+,17-. The molecule has 0 spiro atoms. The number of hydrogen-bond donors (Lipinski definition) is 1. The molecule has 3 heterocycles. The van der Waals surface area contributed by atoms with Crippen LogP contribution in [0.2, 0.25) is 5.02 Å². The lowest BCUT2D eigenvalue weighted by atomic mass is 9.73. The zero-order chi connectivity index (χ0) is 17.4. The number of aromatic carboxylic acids is 1. The summed E-state index contributed by atoms with van der Waals surface area (Å²) >= 11 is 5.87. The highest BCUT2D eigenvalue weighted by Crippen LogP contribution is 2.57. The molecule has 24 heavy (non-hydrogen) atoms. The molecule has 4 rings (SSSR count). The second-order valence-electron chi connectivity index (χ2n) is 6.74. The van der Waals surface area contributed by atoms with E-state index in [0.717, 1.165) is 4.90 Å². The van der Waals surface area contributed by atoms with E-state index < -0.39 is 29.0 Å². The highest BCUT2D eigenvalue weighted by molar-refractivity contribution is 6.34. The van der Waals surface area contributed by atoms with Gasteiger partial charge in [0.15, 0.2) is 0 Å². The maximum Gasteiger partial charge on any atom is 0.337 e. The molecule has 0 aromatic heterocycles. The number of ether oxygens (including phenoxy) is 1. The average molecular weight is 348 g/mol. The fourth-order valence-electron chi connectivity index (χ4n) is 4.10. The van der Waals surface area contributed by atoms with Crippen LogP contribution in [0.5, 0.6) is 0 Å². The van der Waals surface area contributed by atoms with Gasteiger partial charge in [-0.15, -0.1) is 0 Å². The fraction of sp³-hybridized carbons (Fsp3) is 0.353. The summed E-state index contributed by atoms with van der Waals surface area (Å²) in [5, 5.41) is 9.25. The number of halogens is 1. The number of nitrogens with zero attached hydrogens (tertiary/aromatic N) is 1. The van der Waals surface area contributed by atoms with Crippen molar-refractivity contribution in [1.82, 2.24) is 0 Å². The van der Waals surface area contributed by atoms with Crippen molar-refractivity contribution < 1.29 is 24.2 Å². The molecule has 2 amide bonds. The minimum absolute atomic E-state index is 0.0505. The molecular weight excluding hydrogens is 334 g/mol. The number of carboxylic acid groups (broad SMARTS) is 1. The molecule has 3 aliphatic rings. The quantitative estimate of drug-likeness (QED) is 0.655. The first-order valence-electron chi connectivity index (χ1n) is 7.49. The van der Waals surface area contributed by atoms with E-state index in [-0.39, 0.29) is 28.1 Å². The van der Waals surface area contributed by atoms with Crippen molar-refractivity contribution in [2.75, 3.05) is 4.90 Å². The topological polar surface area (TPSA) is 83.9 Å². The Morgan fingerprint density at radius 1 is 1.17 bits per heavy atom. The van der Waals surface area contributed by atoms with Gasteiger partial charge in [-0.05, 0) is 32.0 Å². The number of benzene rings is 1. The van der Waals surface area contributed by atoms with Gasteiger partial charge in [0.25, 0.3) is 0 Å². The molecule has 1 aromatic carbocycles. The van der Waals surface area contributed by atoms with Gasteiger partial charge in [0.1, 0.15) is 0 Å². The van der Waals surface area contributed by atoms with Gasteiger partial charge in [-0.25, -0.2) is 9.69 Å². The molecule has 2 saturated heterocycles. The molecule has 1 aromatic rings. The van der Waals surface area contributed by atoms with Crippen molar-refractivity contribution in [3.8, 4) is 0 Å². The number of carboxylic acids is 1. The number of rotatable bonds is 2. The number of carbonyl (C=O) groups is 3. The minimum atomic E-state index is -1.22. The summed E-state index contributed by atoms with van der Waals surface area (Å²) in [4.78, 5) is 38.1. The van der Waals surface area contributed by atoms with E-state index in [9.17, 15) is 19.5 Å². The van der Waals surface area contributed by atoms with Gasteiger partial charge in [-0.3, -0.25) is 9.59 Å². The molecule has 0 aliphatic carbocycles. The molecule has 7 heteroatoms. The normalized spacial score (nSPS) is 36.5. The van der Waals surface area contributed by atoms with E-state index >= 15 is 0 Å². The second kappa shape index (κ2) is 4.46. The van der Waals surface area contributed by atoms with Gasteiger partial charge in [0, 0.05) is 0 Å². The Balaban J connectivity index is 1.80. The van der Waals surface area contributed by atoms with E-state index in [0.29, 0.717) is 0 Å². The molecule has 1 N–H and O–H groups in total. The number of hydrogen-bond acceptors (Lipinski definition) is 4. The lowest BCUT2D eigenvalue weighted by Gasteiger charge is -2.25. The van der Waals surface area contributed by atoms with Crippen LogP contribution in [0.3, 0.4) is 0 Å². The van der Waals surface area contributed by atoms with Crippen LogP contribution < -0.4 is 4.90 Å². The molecule has 3 aliphatic heterocycles. The van der Waals surface area contributed by atoms with Crippen molar-refractivity contribution in [2.45, 2.75) is 25.0 Å². The first-order valence-corrected chi connectivity index (χ1v) is 7.87. The summed E-state index contributed by atoms with van der Waals surface area (Å²) in [5.41, 5.74) is -1.57. The second-order valence-corrected chi connectivity index (χ2v) is 7.15. The Morgan fingerprint density at radius 3 is 2.21 bits per heavy atom. The van der Waals surface area contributed by atoms with E-state index in [1.807, 2.05) is 12.2 Å². The Kier molecular flexibility index (Phi) is 2.85. The first kappa shape index (κ1) is 15.4. The molecule has 6 nitrogen and oxygen atoms in total. The predicted molar refractivity (Wildman–Crippen MR) is 84.9 cm³/mol. The van der Waals surface area contributed by atoms with Crippen LogP contribution >= 0.6 is 11.6 Å². The van der Waals surface area contributed by atoms with Crippen molar-refractivity contribution in [3.05, 3.63) is 40.9 Å². The predicted octanol–water partition coefficient (Wildman–Crippen LogP) is 2.26. The van der Waals surface area contributed by atoms with Gasteiger partial charge in [0.2, 0.25) is 11.8 Å². The molecular formula is C17H14ClNO5. The van der Waals surface area contributed by atoms with Crippen molar-refractivity contribution in [1.29, 1.82) is 0 Å². The Hall–Kier alpha value is -2.18. The zero-order valence-corrected chi connectivity index (χ0v) is 13.7. The average Bonchev–Trinajstić information content (AvgIpc) is 3.04. The maximum atomic E-state index is 12.9. The van der Waals surface area contributed by atoms with E-state index in [4.69, 9.17) is 16.3 Å². The molecule has 0 radical (unpaired) electrons. The number of anilines is 1. The van der Waals surface area contributed by atoms with Crippen molar-refractivity contribution in [2.24, 2.45) is 11.8 Å². The third-order valence-electron chi connectivity index (χ3n) is 5.16. The molecule has 2 bridgehead atoms. The van der Waals surface area contributed by atoms with E-state index in [2.05, 4.69) is 0 Å². The fourth-order valence-corrected chi connectivity index (χ4v) is 4.30. The Bertz CT molecular complexity index is 813. The molecule has 0 unspecified atom stereocenters. The van der Waals surface area contributed by atoms with Crippen LogP contribution in [0.1, 0.15) is 24.2 Å². The van der Waals surface area contributed by atoms with Gasteiger partial charge in [-0.1, -0.05) is 23.8 Å². The van der Waals surface area contributed by atoms with Crippen LogP contribution in [0.4, 0.5) is 5.69 Å². The third kappa shape index (κ3) is 1.72. The largest absolute Gasteiger partial charge is 0.478 e. The van der Waals surface area contributed by atoms with Crippen molar-refractivity contribution in [3.63, 3.8) is 0 Å². The monoisotopic (exact) mass is 347 g/mol. The van der Waals surface area contributed by atoms with Crippen LogP contribution in [-0.4, -0.2) is 34.1 Å². The van der Waals surface area contributed by atoms with Crippen LogP contribution in [-0.2, 0) is 14.3 Å². The highest BCUT2D eigenvalue weighted by Gasteiger charge is 2.70. The van der Waals surface area contributed by atoms with Crippen LogP contribution in [0.25, 0.3) is 0 Å². The third-order valence-corrected chi connectivity index (χ3v) is 5.49. The lowest BCUT2D eigenvalue weighted by Crippen LogP contribution is -2.39. The van der Waals surface area contributed by atoms with Gasteiger partial charge < -0.3 is 9.84 Å². The van der Waals surface area contributed by atoms with Crippen LogP contribution in [0.15, 0.2) is 30.4 Å². The molecule has 2 fully saturated rings. The summed E-state index contributed by atoms with van der Waals surface area (Å²) in [5.74, 6) is -3.18. The first-order chi connectivity index (χ1) is 11.2. The lowest BCUT2D eigenvalue weighted by molar-refractivity contribution is -0.128. The summed E-state index contributed by atoms with van der Waals surface area (Å²) < 4.78 is 5.93. The zero-order valence-electron chi connectivity index (χ0n) is 12.9. The van der Waals surface area contributed by atoms with Gasteiger partial charge >= 0.3 is 5.97 Å². The Labute approximate surface area is 142 Å². The van der Waals surface area contributed by atoms with Crippen LogP contribution in [0, 0.1) is 11.8 Å². The molecule has 0 saturated carbocycles. The van der Waals surface area contributed by atoms with Crippen molar-refractivity contribution >= 4 is 35.1 Å². The summed E-state index contributed by atoms with van der Waals surface area (Å²) in [6.07, 6.45) is 3.65. The molecule has 4 atom stereocenters. The maximum absolute atomic E-state index is 12.9. The number of fused-ring (bicyclic) bond motifs is 5. The summed E-state index contributed by atoms with van der Waals surface area (Å²) in [7, 11) is 0. The Morgan fingerprint density at radius 2 is 1.71 bits per heavy atom. The number of amides is 2. The van der Waals surface area contributed by atoms with Gasteiger partial charge in [-0.2, -0.15) is 0 Å². The SMILES string of the molecule is C[C@]12C=C[C@](C)(O1)[C@H]1C(=O)N(c3ccc(Cl)c(C(=O)O)c3)C(=O)[C@H]12. The smallest absolute Gasteiger partial charge is 0.337 e. The summed E-state index contributed by atoms with van der Waals surface area (Å²) in [6.45, 7) is 3.58. The van der Waals surface area contributed by atoms with E-state index in [1.54, 1.807) is 13.8 Å². The number of carbonyl (C=O) groups excluding carboxylic acids is 2. The minimum Gasteiger partial charge on any atom is -0.478 e. The highest BCUT2D eigenvalue weighted by atomic mass is 35.5. The van der Waals surface area contributed by atoms with E-state index in [1.165, 1.54) is 18.2 Å².